The Bertz CT molecular complexity index is 414. The number of rotatable bonds is 7. The summed E-state index contributed by atoms with van der Waals surface area (Å²) in [7, 11) is 0. The van der Waals surface area contributed by atoms with Crippen LogP contribution in [0.3, 0.4) is 0 Å². The molecule has 0 radical (unpaired) electrons. The van der Waals surface area contributed by atoms with Crippen molar-refractivity contribution in [2.45, 2.75) is 65.8 Å². The highest BCUT2D eigenvalue weighted by Gasteiger charge is 2.30. The highest BCUT2D eigenvalue weighted by atomic mass is 15.0. The maximum absolute atomic E-state index is 3.75. The summed E-state index contributed by atoms with van der Waals surface area (Å²) in [5, 5.41) is 3.75. The fourth-order valence-electron chi connectivity index (χ4n) is 2.81. The van der Waals surface area contributed by atoms with Crippen molar-refractivity contribution in [3.8, 4) is 0 Å². The van der Waals surface area contributed by atoms with Crippen LogP contribution in [0.4, 0.5) is 0 Å². The Labute approximate surface area is 118 Å². The van der Waals surface area contributed by atoms with Crippen LogP contribution < -0.4 is 5.32 Å². The molecule has 0 bridgehead atoms. The van der Waals surface area contributed by atoms with Crippen LogP contribution in [0.15, 0.2) is 18.2 Å². The minimum atomic E-state index is 0.435. The standard InChI is InChI=1S/C18H29N/c1-5-18(6-2,13-19-17-9-10-17)12-16-8-7-14(3)15(4)11-16/h7-8,11,17,19H,5-6,9-10,12-13H2,1-4H3. The molecule has 0 aliphatic heterocycles. The second-order valence-electron chi connectivity index (χ2n) is 6.46. The molecule has 106 valence electrons. The van der Waals surface area contributed by atoms with Crippen LogP contribution in [0.2, 0.25) is 0 Å². The van der Waals surface area contributed by atoms with Crippen molar-refractivity contribution in [1.82, 2.24) is 5.32 Å². The van der Waals surface area contributed by atoms with Crippen molar-refractivity contribution >= 4 is 0 Å². The van der Waals surface area contributed by atoms with Crippen LogP contribution in [0, 0.1) is 19.3 Å². The number of aryl methyl sites for hydroxylation is 2. The van der Waals surface area contributed by atoms with E-state index in [1.54, 1.807) is 0 Å². The van der Waals surface area contributed by atoms with Gasteiger partial charge >= 0.3 is 0 Å². The molecule has 1 nitrogen and oxygen atoms in total. The van der Waals surface area contributed by atoms with Crippen LogP contribution in [0.5, 0.6) is 0 Å². The van der Waals surface area contributed by atoms with Crippen molar-refractivity contribution in [1.29, 1.82) is 0 Å². The average molecular weight is 259 g/mol. The fraction of sp³-hybridized carbons (Fsp3) is 0.667. The Morgan fingerprint density at radius 2 is 1.79 bits per heavy atom. The third-order valence-electron chi connectivity index (χ3n) is 4.99. The molecule has 1 saturated carbocycles. The predicted octanol–water partition coefficient (Wildman–Crippen LogP) is 4.40. The molecular weight excluding hydrogens is 230 g/mol. The van der Waals surface area contributed by atoms with E-state index >= 15 is 0 Å². The first kappa shape index (κ1) is 14.6. The van der Waals surface area contributed by atoms with E-state index in [4.69, 9.17) is 0 Å². The molecule has 0 atom stereocenters. The first-order valence-corrected chi connectivity index (χ1v) is 7.88. The maximum atomic E-state index is 3.75. The Morgan fingerprint density at radius 3 is 2.32 bits per heavy atom. The molecule has 1 aliphatic carbocycles. The van der Waals surface area contributed by atoms with Crippen molar-refractivity contribution < 1.29 is 0 Å². The molecule has 0 aromatic heterocycles. The van der Waals surface area contributed by atoms with Crippen LogP contribution >= 0.6 is 0 Å². The summed E-state index contributed by atoms with van der Waals surface area (Å²) in [6.07, 6.45) is 6.49. The SMILES string of the molecule is CCC(CC)(CNC1CC1)Cc1ccc(C)c(C)c1. The highest BCUT2D eigenvalue weighted by molar-refractivity contribution is 5.30. The van der Waals surface area contributed by atoms with Gasteiger partial charge in [-0.05, 0) is 68.1 Å². The van der Waals surface area contributed by atoms with E-state index in [1.165, 1.54) is 55.3 Å². The molecule has 1 aliphatic rings. The number of hydrogen-bond acceptors (Lipinski definition) is 1. The number of benzene rings is 1. The van der Waals surface area contributed by atoms with E-state index in [1.807, 2.05) is 0 Å². The molecule has 1 N–H and O–H groups in total. The molecule has 0 unspecified atom stereocenters. The van der Waals surface area contributed by atoms with Gasteiger partial charge in [-0.15, -0.1) is 0 Å². The summed E-state index contributed by atoms with van der Waals surface area (Å²) >= 11 is 0. The molecule has 0 amide bonds. The minimum absolute atomic E-state index is 0.435. The van der Waals surface area contributed by atoms with E-state index in [0.717, 1.165) is 6.04 Å². The maximum Gasteiger partial charge on any atom is 0.00684 e. The van der Waals surface area contributed by atoms with Gasteiger partial charge in [0.2, 0.25) is 0 Å². The summed E-state index contributed by atoms with van der Waals surface area (Å²) in [5.41, 5.74) is 4.77. The van der Waals surface area contributed by atoms with Crippen molar-refractivity contribution in [3.05, 3.63) is 34.9 Å². The predicted molar refractivity (Wildman–Crippen MR) is 83.7 cm³/mol. The monoisotopic (exact) mass is 259 g/mol. The molecule has 2 rings (SSSR count). The van der Waals surface area contributed by atoms with Crippen molar-refractivity contribution in [3.63, 3.8) is 0 Å². The summed E-state index contributed by atoms with van der Waals surface area (Å²) in [6.45, 7) is 10.3. The van der Waals surface area contributed by atoms with Gasteiger partial charge in [0.15, 0.2) is 0 Å². The van der Waals surface area contributed by atoms with Gasteiger partial charge in [0, 0.05) is 12.6 Å². The summed E-state index contributed by atoms with van der Waals surface area (Å²) < 4.78 is 0. The van der Waals surface area contributed by atoms with Crippen molar-refractivity contribution in [2.24, 2.45) is 5.41 Å². The lowest BCUT2D eigenvalue weighted by atomic mass is 9.76. The zero-order valence-corrected chi connectivity index (χ0v) is 13.1. The summed E-state index contributed by atoms with van der Waals surface area (Å²) in [6, 6.07) is 7.79. The molecular formula is C18H29N. The van der Waals surface area contributed by atoms with Gasteiger partial charge < -0.3 is 5.32 Å². The molecule has 1 heteroatoms. The largest absolute Gasteiger partial charge is 0.313 e. The van der Waals surface area contributed by atoms with Gasteiger partial charge in [0.05, 0.1) is 0 Å². The second-order valence-corrected chi connectivity index (χ2v) is 6.46. The van der Waals surface area contributed by atoms with E-state index in [2.05, 4.69) is 51.2 Å². The normalized spacial score (nSPS) is 15.8. The minimum Gasteiger partial charge on any atom is -0.313 e. The van der Waals surface area contributed by atoms with Gasteiger partial charge in [-0.1, -0.05) is 32.0 Å². The van der Waals surface area contributed by atoms with E-state index in [9.17, 15) is 0 Å². The Balaban J connectivity index is 2.06. The van der Waals surface area contributed by atoms with Gasteiger partial charge in [0.25, 0.3) is 0 Å². The van der Waals surface area contributed by atoms with Gasteiger partial charge in [0.1, 0.15) is 0 Å². The van der Waals surface area contributed by atoms with E-state index < -0.39 is 0 Å². The molecule has 1 aromatic carbocycles. The third-order valence-corrected chi connectivity index (χ3v) is 4.99. The number of hydrogen-bond donors (Lipinski definition) is 1. The lowest BCUT2D eigenvalue weighted by Crippen LogP contribution is -2.36. The average Bonchev–Trinajstić information content (AvgIpc) is 3.23. The molecule has 1 aromatic rings. The first-order chi connectivity index (χ1) is 9.08. The summed E-state index contributed by atoms with van der Waals surface area (Å²) in [4.78, 5) is 0. The molecule has 0 heterocycles. The van der Waals surface area contributed by atoms with Gasteiger partial charge in [-0.25, -0.2) is 0 Å². The van der Waals surface area contributed by atoms with Gasteiger partial charge in [-0.3, -0.25) is 0 Å². The zero-order chi connectivity index (χ0) is 13.9. The second kappa shape index (κ2) is 6.09. The third kappa shape index (κ3) is 3.82. The Kier molecular flexibility index (Phi) is 4.67. The Hall–Kier alpha value is -0.820. The fourth-order valence-corrected chi connectivity index (χ4v) is 2.81. The van der Waals surface area contributed by atoms with E-state index in [-0.39, 0.29) is 0 Å². The molecule has 1 fully saturated rings. The quantitative estimate of drug-likeness (QED) is 0.765. The van der Waals surface area contributed by atoms with Crippen LogP contribution in [-0.4, -0.2) is 12.6 Å². The smallest absolute Gasteiger partial charge is 0.00684 e. The zero-order valence-electron chi connectivity index (χ0n) is 13.1. The molecule has 0 saturated heterocycles. The van der Waals surface area contributed by atoms with Crippen molar-refractivity contribution in [2.75, 3.05) is 6.54 Å². The highest BCUT2D eigenvalue weighted by Crippen LogP contribution is 2.32. The lowest BCUT2D eigenvalue weighted by Gasteiger charge is -2.32. The first-order valence-electron chi connectivity index (χ1n) is 7.88. The van der Waals surface area contributed by atoms with Crippen LogP contribution in [0.25, 0.3) is 0 Å². The lowest BCUT2D eigenvalue weighted by molar-refractivity contribution is 0.245. The van der Waals surface area contributed by atoms with E-state index in [0.29, 0.717) is 5.41 Å². The van der Waals surface area contributed by atoms with Crippen LogP contribution in [-0.2, 0) is 6.42 Å². The number of nitrogens with one attached hydrogen (secondary N) is 1. The van der Waals surface area contributed by atoms with Gasteiger partial charge in [-0.2, -0.15) is 0 Å². The molecule has 0 spiro atoms. The van der Waals surface area contributed by atoms with Crippen LogP contribution in [0.1, 0.15) is 56.2 Å². The molecule has 19 heavy (non-hydrogen) atoms. The summed E-state index contributed by atoms with van der Waals surface area (Å²) in [5.74, 6) is 0. The Morgan fingerprint density at radius 1 is 1.11 bits per heavy atom. The topological polar surface area (TPSA) is 12.0 Å².